The van der Waals surface area contributed by atoms with E-state index in [0.29, 0.717) is 0 Å². The predicted octanol–water partition coefficient (Wildman–Crippen LogP) is 5.60. The minimum Gasteiger partial charge on any atom is -0.143 e. The fraction of sp³-hybridized carbons (Fsp3) is 0.500. The summed E-state index contributed by atoms with van der Waals surface area (Å²) in [6.07, 6.45) is 0. The maximum atomic E-state index is 4.30. The van der Waals surface area contributed by atoms with E-state index in [1.165, 1.54) is 11.9 Å². The molecule has 0 N–H and O–H groups in total. The largest absolute Gasteiger partial charge is 0.143 e. The first-order chi connectivity index (χ1) is 7.29. The van der Waals surface area contributed by atoms with Gasteiger partial charge in [-0.1, -0.05) is 15.9 Å². The Morgan fingerprint density at radius 2 is 1.62 bits per heavy atom. The SMILES string of the molecule is Cc1cc(Br)cc(C)c1/N=N/SC(C)(C)C. The third-order valence-corrected chi connectivity index (χ3v) is 3.08. The van der Waals surface area contributed by atoms with Crippen LogP contribution in [-0.2, 0) is 0 Å². The second-order valence-corrected chi connectivity index (χ2v) is 7.26. The summed E-state index contributed by atoms with van der Waals surface area (Å²) < 4.78 is 5.39. The van der Waals surface area contributed by atoms with Crippen LogP contribution in [0.3, 0.4) is 0 Å². The minimum atomic E-state index is 0.112. The van der Waals surface area contributed by atoms with Crippen LogP contribution >= 0.6 is 27.9 Å². The maximum Gasteiger partial charge on any atom is 0.0922 e. The number of hydrogen-bond donors (Lipinski definition) is 0. The smallest absolute Gasteiger partial charge is 0.0922 e. The Labute approximate surface area is 110 Å². The quantitative estimate of drug-likeness (QED) is 0.515. The summed E-state index contributed by atoms with van der Waals surface area (Å²) in [5, 5.41) is 4.30. The molecule has 0 spiro atoms. The molecule has 0 aliphatic heterocycles. The van der Waals surface area contributed by atoms with E-state index in [1.54, 1.807) is 0 Å². The van der Waals surface area contributed by atoms with Crippen LogP contribution in [0.25, 0.3) is 0 Å². The van der Waals surface area contributed by atoms with Crippen molar-refractivity contribution in [2.75, 3.05) is 0 Å². The summed E-state index contributed by atoms with van der Waals surface area (Å²) in [7, 11) is 0. The summed E-state index contributed by atoms with van der Waals surface area (Å²) in [5.74, 6) is 0. The molecule has 0 unspecified atom stereocenters. The second-order valence-electron chi connectivity index (χ2n) is 4.77. The number of aryl methyl sites for hydroxylation is 2. The predicted molar refractivity (Wildman–Crippen MR) is 75.5 cm³/mol. The first-order valence-corrected chi connectivity index (χ1v) is 6.72. The van der Waals surface area contributed by atoms with Crippen LogP contribution < -0.4 is 0 Å². The summed E-state index contributed by atoms with van der Waals surface area (Å²) >= 11 is 4.97. The van der Waals surface area contributed by atoms with Crippen LogP contribution in [0.1, 0.15) is 31.9 Å². The second kappa shape index (κ2) is 5.32. The van der Waals surface area contributed by atoms with E-state index in [1.807, 2.05) is 13.8 Å². The monoisotopic (exact) mass is 300 g/mol. The molecule has 0 heterocycles. The fourth-order valence-corrected chi connectivity index (χ4v) is 2.30. The highest BCUT2D eigenvalue weighted by Gasteiger charge is 2.10. The van der Waals surface area contributed by atoms with Crippen LogP contribution in [-0.4, -0.2) is 4.75 Å². The Bertz CT molecular complexity index is 385. The lowest BCUT2D eigenvalue weighted by molar-refractivity contribution is 0.802. The van der Waals surface area contributed by atoms with Gasteiger partial charge in [0, 0.05) is 21.2 Å². The molecule has 0 aliphatic carbocycles. The lowest BCUT2D eigenvalue weighted by Crippen LogP contribution is -2.04. The molecule has 0 saturated heterocycles. The lowest BCUT2D eigenvalue weighted by atomic mass is 10.1. The number of halogens is 1. The topological polar surface area (TPSA) is 24.7 Å². The molecule has 2 nitrogen and oxygen atoms in total. The highest BCUT2D eigenvalue weighted by Crippen LogP contribution is 2.31. The van der Waals surface area contributed by atoms with E-state index in [4.69, 9.17) is 0 Å². The first kappa shape index (κ1) is 13.7. The molecule has 88 valence electrons. The van der Waals surface area contributed by atoms with E-state index < -0.39 is 0 Å². The molecule has 0 fully saturated rings. The molecule has 0 bridgehead atoms. The van der Waals surface area contributed by atoms with Gasteiger partial charge in [-0.25, -0.2) is 0 Å². The molecule has 4 heteroatoms. The van der Waals surface area contributed by atoms with Gasteiger partial charge >= 0.3 is 0 Å². The van der Waals surface area contributed by atoms with Crippen LogP contribution in [0.5, 0.6) is 0 Å². The Morgan fingerprint density at radius 3 is 2.06 bits per heavy atom. The molecule has 16 heavy (non-hydrogen) atoms. The molecule has 0 amide bonds. The zero-order valence-corrected chi connectivity index (χ0v) is 12.7. The van der Waals surface area contributed by atoms with Crippen molar-refractivity contribution in [3.05, 3.63) is 27.7 Å². The van der Waals surface area contributed by atoms with Gasteiger partial charge in [0.15, 0.2) is 0 Å². The van der Waals surface area contributed by atoms with Crippen LogP contribution in [0.15, 0.2) is 26.2 Å². The molecule has 0 radical (unpaired) electrons. The highest BCUT2D eigenvalue weighted by molar-refractivity contribution is 9.10. The zero-order valence-electron chi connectivity index (χ0n) is 10.3. The van der Waals surface area contributed by atoms with Gasteiger partial charge in [0.25, 0.3) is 0 Å². The summed E-state index contributed by atoms with van der Waals surface area (Å²) in [6, 6.07) is 4.12. The maximum absolute atomic E-state index is 4.30. The van der Waals surface area contributed by atoms with E-state index in [0.717, 1.165) is 21.3 Å². The average Bonchev–Trinajstić information content (AvgIpc) is 2.07. The molecule has 1 rings (SSSR count). The number of benzene rings is 1. The molecule has 0 saturated carbocycles. The van der Waals surface area contributed by atoms with Gasteiger partial charge in [0.2, 0.25) is 0 Å². The van der Waals surface area contributed by atoms with Crippen molar-refractivity contribution in [1.29, 1.82) is 0 Å². The molecule has 1 aromatic carbocycles. The van der Waals surface area contributed by atoms with Gasteiger partial charge in [-0.05, 0) is 57.9 Å². The third kappa shape index (κ3) is 4.26. The van der Waals surface area contributed by atoms with E-state index >= 15 is 0 Å². The van der Waals surface area contributed by atoms with Gasteiger partial charge in [0.05, 0.1) is 5.69 Å². The van der Waals surface area contributed by atoms with Crippen molar-refractivity contribution in [1.82, 2.24) is 0 Å². The van der Waals surface area contributed by atoms with Crippen LogP contribution in [0, 0.1) is 13.8 Å². The number of hydrogen-bond acceptors (Lipinski definition) is 3. The lowest BCUT2D eigenvalue weighted by Gasteiger charge is -2.11. The van der Waals surface area contributed by atoms with Gasteiger partial charge < -0.3 is 0 Å². The van der Waals surface area contributed by atoms with Crippen LogP contribution in [0.2, 0.25) is 0 Å². The third-order valence-electron chi connectivity index (χ3n) is 1.91. The van der Waals surface area contributed by atoms with E-state index in [2.05, 4.69) is 58.5 Å². The van der Waals surface area contributed by atoms with Crippen molar-refractivity contribution in [3.63, 3.8) is 0 Å². The molecule has 1 aromatic rings. The fourth-order valence-electron chi connectivity index (χ4n) is 1.24. The van der Waals surface area contributed by atoms with Crippen molar-refractivity contribution in [2.45, 2.75) is 39.4 Å². The van der Waals surface area contributed by atoms with Crippen molar-refractivity contribution < 1.29 is 0 Å². The standard InChI is InChI=1S/C12H17BrN2S/c1-8-6-10(13)7-9(2)11(8)14-15-16-12(3,4)5/h6-7H,1-5H3/b15-14+. The summed E-state index contributed by atoms with van der Waals surface area (Å²) in [6.45, 7) is 10.5. The molecule has 0 aliphatic rings. The van der Waals surface area contributed by atoms with Gasteiger partial charge in [-0.15, -0.1) is 9.63 Å². The van der Waals surface area contributed by atoms with E-state index in [9.17, 15) is 0 Å². The highest BCUT2D eigenvalue weighted by atomic mass is 79.9. The Kier molecular flexibility index (Phi) is 4.56. The minimum absolute atomic E-state index is 0.112. The molecular weight excluding hydrogens is 284 g/mol. The average molecular weight is 301 g/mol. The Hall–Kier alpha value is -0.350. The summed E-state index contributed by atoms with van der Waals surface area (Å²) in [5.41, 5.74) is 3.26. The number of nitrogens with zero attached hydrogens (tertiary/aromatic N) is 2. The Morgan fingerprint density at radius 1 is 1.12 bits per heavy atom. The zero-order chi connectivity index (χ0) is 12.3. The first-order valence-electron chi connectivity index (χ1n) is 5.15. The van der Waals surface area contributed by atoms with Gasteiger partial charge in [-0.3, -0.25) is 0 Å². The molecular formula is C12H17BrN2S. The van der Waals surface area contributed by atoms with E-state index in [-0.39, 0.29) is 4.75 Å². The van der Waals surface area contributed by atoms with Crippen molar-refractivity contribution in [2.24, 2.45) is 9.63 Å². The Balaban J connectivity index is 2.90. The normalized spacial score (nSPS) is 12.4. The van der Waals surface area contributed by atoms with Crippen molar-refractivity contribution in [3.8, 4) is 0 Å². The van der Waals surface area contributed by atoms with Crippen LogP contribution in [0.4, 0.5) is 5.69 Å². The van der Waals surface area contributed by atoms with Gasteiger partial charge in [-0.2, -0.15) is 0 Å². The number of rotatable bonds is 2. The van der Waals surface area contributed by atoms with Gasteiger partial charge in [0.1, 0.15) is 0 Å². The molecule has 0 atom stereocenters. The van der Waals surface area contributed by atoms with Crippen molar-refractivity contribution >= 4 is 33.6 Å². The summed E-state index contributed by atoms with van der Waals surface area (Å²) in [4.78, 5) is 0. The molecule has 0 aromatic heterocycles.